The molecule has 1 amide bonds. The first-order chi connectivity index (χ1) is 14.2. The summed E-state index contributed by atoms with van der Waals surface area (Å²) >= 11 is 6.46. The second-order valence-corrected chi connectivity index (χ2v) is 9.48. The number of halogens is 1. The van der Waals surface area contributed by atoms with Crippen LogP contribution in [0, 0.1) is 0 Å². The molecule has 0 atom stereocenters. The smallest absolute Gasteiger partial charge is 0.234 e. The van der Waals surface area contributed by atoms with E-state index in [0.717, 1.165) is 57.7 Å². The van der Waals surface area contributed by atoms with Crippen LogP contribution in [0.3, 0.4) is 0 Å². The van der Waals surface area contributed by atoms with Gasteiger partial charge in [0.25, 0.3) is 0 Å². The van der Waals surface area contributed by atoms with E-state index in [0.29, 0.717) is 5.75 Å². The van der Waals surface area contributed by atoms with Crippen molar-refractivity contribution in [2.45, 2.75) is 4.34 Å². The van der Waals surface area contributed by atoms with E-state index in [1.165, 1.54) is 11.8 Å². The van der Waals surface area contributed by atoms with Crippen molar-refractivity contribution in [1.82, 2.24) is 4.98 Å². The minimum atomic E-state index is -0.0329. The average Bonchev–Trinajstić information content (AvgIpc) is 3.23. The standard InChI is InChI=1S/C21H20BrN3O2S2/c22-16-3-1-15(2-4-16)19-13-28-21(24-19)29-14-20(26)23-17-5-7-18(8-6-17)25-9-11-27-12-10-25/h1-8,13H,9-12,14H2,(H,23,26). The van der Waals surface area contributed by atoms with Crippen molar-refractivity contribution in [2.75, 3.05) is 42.3 Å². The van der Waals surface area contributed by atoms with Crippen LogP contribution in [0.15, 0.2) is 62.7 Å². The first kappa shape index (κ1) is 20.4. The molecule has 0 radical (unpaired) electrons. The predicted octanol–water partition coefficient (Wildman–Crippen LogP) is 5.14. The molecule has 0 unspecified atom stereocenters. The molecule has 0 bridgehead atoms. The highest BCUT2D eigenvalue weighted by atomic mass is 79.9. The van der Waals surface area contributed by atoms with Crippen LogP contribution >= 0.6 is 39.0 Å². The Bertz CT molecular complexity index is 955. The molecule has 4 rings (SSSR count). The molecule has 29 heavy (non-hydrogen) atoms. The van der Waals surface area contributed by atoms with Gasteiger partial charge in [-0.05, 0) is 36.4 Å². The summed E-state index contributed by atoms with van der Waals surface area (Å²) in [6.45, 7) is 3.32. The molecule has 2 aromatic carbocycles. The number of carbonyl (C=O) groups excluding carboxylic acids is 1. The molecule has 150 valence electrons. The van der Waals surface area contributed by atoms with E-state index in [1.54, 1.807) is 11.3 Å². The van der Waals surface area contributed by atoms with E-state index in [9.17, 15) is 4.79 Å². The van der Waals surface area contributed by atoms with E-state index in [2.05, 4.69) is 31.1 Å². The molecule has 1 aliphatic heterocycles. The van der Waals surface area contributed by atoms with Gasteiger partial charge in [0.05, 0.1) is 24.7 Å². The zero-order valence-corrected chi connectivity index (χ0v) is 18.9. The number of thioether (sulfide) groups is 1. The number of aromatic nitrogens is 1. The van der Waals surface area contributed by atoms with E-state index in [1.807, 2.05) is 53.9 Å². The lowest BCUT2D eigenvalue weighted by molar-refractivity contribution is -0.113. The number of morpholine rings is 1. The summed E-state index contributed by atoms with van der Waals surface area (Å²) in [5, 5.41) is 4.98. The SMILES string of the molecule is O=C(CSc1nc(-c2ccc(Br)cc2)cs1)Nc1ccc(N2CCOCC2)cc1. The lowest BCUT2D eigenvalue weighted by Crippen LogP contribution is -2.36. The number of hydrogen-bond acceptors (Lipinski definition) is 6. The molecule has 0 spiro atoms. The Morgan fingerprint density at radius 2 is 1.86 bits per heavy atom. The van der Waals surface area contributed by atoms with Gasteiger partial charge in [-0.3, -0.25) is 4.79 Å². The first-order valence-electron chi connectivity index (χ1n) is 9.24. The fourth-order valence-corrected chi connectivity index (χ4v) is 4.88. The normalized spacial score (nSPS) is 14.0. The predicted molar refractivity (Wildman–Crippen MR) is 124 cm³/mol. The molecule has 1 N–H and O–H groups in total. The Kier molecular flexibility index (Phi) is 6.86. The van der Waals surface area contributed by atoms with Gasteiger partial charge in [0, 0.05) is 39.9 Å². The third-order valence-corrected chi connectivity index (χ3v) is 7.03. The first-order valence-corrected chi connectivity index (χ1v) is 11.9. The van der Waals surface area contributed by atoms with E-state index < -0.39 is 0 Å². The van der Waals surface area contributed by atoms with Crippen molar-refractivity contribution in [2.24, 2.45) is 0 Å². The lowest BCUT2D eigenvalue weighted by atomic mass is 10.2. The molecule has 1 aliphatic rings. The fraction of sp³-hybridized carbons (Fsp3) is 0.238. The minimum Gasteiger partial charge on any atom is -0.378 e. The number of nitrogens with one attached hydrogen (secondary N) is 1. The maximum Gasteiger partial charge on any atom is 0.234 e. The Labute approximate surface area is 186 Å². The fourth-order valence-electron chi connectivity index (χ4n) is 2.98. The van der Waals surface area contributed by atoms with Crippen molar-refractivity contribution < 1.29 is 9.53 Å². The number of benzene rings is 2. The van der Waals surface area contributed by atoms with E-state index in [-0.39, 0.29) is 5.91 Å². The van der Waals surface area contributed by atoms with Crippen LogP contribution in [-0.4, -0.2) is 42.9 Å². The number of ether oxygens (including phenoxy) is 1. The van der Waals surface area contributed by atoms with Crippen LogP contribution in [-0.2, 0) is 9.53 Å². The van der Waals surface area contributed by atoms with Gasteiger partial charge in [-0.25, -0.2) is 4.98 Å². The Balaban J connectivity index is 1.28. The maximum atomic E-state index is 12.3. The molecular weight excluding hydrogens is 470 g/mol. The molecule has 1 fully saturated rings. The third kappa shape index (κ3) is 5.60. The van der Waals surface area contributed by atoms with Gasteiger partial charge >= 0.3 is 0 Å². The van der Waals surface area contributed by atoms with E-state index in [4.69, 9.17) is 4.74 Å². The van der Waals surface area contributed by atoms with Crippen LogP contribution in [0.5, 0.6) is 0 Å². The van der Waals surface area contributed by atoms with Gasteiger partial charge in [-0.15, -0.1) is 11.3 Å². The highest BCUT2D eigenvalue weighted by molar-refractivity contribution is 9.10. The van der Waals surface area contributed by atoms with E-state index >= 15 is 0 Å². The Hall–Kier alpha value is -1.87. The Morgan fingerprint density at radius 3 is 2.59 bits per heavy atom. The molecule has 3 aromatic rings. The summed E-state index contributed by atoms with van der Waals surface area (Å²) in [5.41, 5.74) is 3.97. The number of amides is 1. The highest BCUT2D eigenvalue weighted by Crippen LogP contribution is 2.29. The second-order valence-electron chi connectivity index (χ2n) is 6.49. The maximum absolute atomic E-state index is 12.3. The van der Waals surface area contributed by atoms with Crippen LogP contribution < -0.4 is 10.2 Å². The third-order valence-electron chi connectivity index (χ3n) is 4.48. The van der Waals surface area contributed by atoms with Crippen molar-refractivity contribution in [3.8, 4) is 11.3 Å². The highest BCUT2D eigenvalue weighted by Gasteiger charge is 2.12. The number of thiazole rings is 1. The van der Waals surface area contributed by atoms with Crippen LogP contribution in [0.4, 0.5) is 11.4 Å². The zero-order valence-electron chi connectivity index (χ0n) is 15.6. The summed E-state index contributed by atoms with van der Waals surface area (Å²) in [6.07, 6.45) is 0. The summed E-state index contributed by atoms with van der Waals surface area (Å²) in [5.74, 6) is 0.299. The van der Waals surface area contributed by atoms with Crippen molar-refractivity contribution in [3.05, 3.63) is 58.4 Å². The summed E-state index contributed by atoms with van der Waals surface area (Å²) in [7, 11) is 0. The largest absolute Gasteiger partial charge is 0.378 e. The van der Waals surface area contributed by atoms with Crippen LogP contribution in [0.2, 0.25) is 0 Å². The topological polar surface area (TPSA) is 54.5 Å². The summed E-state index contributed by atoms with van der Waals surface area (Å²) < 4.78 is 7.32. The quantitative estimate of drug-likeness (QED) is 0.485. The number of anilines is 2. The Morgan fingerprint density at radius 1 is 1.14 bits per heavy atom. The lowest BCUT2D eigenvalue weighted by Gasteiger charge is -2.28. The minimum absolute atomic E-state index is 0.0329. The molecule has 0 aliphatic carbocycles. The number of carbonyl (C=O) groups is 1. The van der Waals surface area contributed by atoms with Gasteiger partial charge in [0.1, 0.15) is 0 Å². The van der Waals surface area contributed by atoms with Gasteiger partial charge in [0.2, 0.25) is 5.91 Å². The van der Waals surface area contributed by atoms with Crippen molar-refractivity contribution in [3.63, 3.8) is 0 Å². The van der Waals surface area contributed by atoms with Crippen LogP contribution in [0.25, 0.3) is 11.3 Å². The number of rotatable bonds is 6. The van der Waals surface area contributed by atoms with Gasteiger partial charge in [-0.2, -0.15) is 0 Å². The molecule has 2 heterocycles. The van der Waals surface area contributed by atoms with Crippen LogP contribution in [0.1, 0.15) is 0 Å². The monoisotopic (exact) mass is 489 g/mol. The average molecular weight is 490 g/mol. The molecule has 1 saturated heterocycles. The number of hydrogen-bond donors (Lipinski definition) is 1. The number of nitrogens with zero attached hydrogens (tertiary/aromatic N) is 2. The molecule has 1 aromatic heterocycles. The molecule has 8 heteroatoms. The van der Waals surface area contributed by atoms with Gasteiger partial charge in [-0.1, -0.05) is 39.8 Å². The molecular formula is C21H20BrN3O2S2. The molecule has 0 saturated carbocycles. The van der Waals surface area contributed by atoms with Gasteiger partial charge in [0.15, 0.2) is 4.34 Å². The zero-order chi connectivity index (χ0) is 20.1. The summed E-state index contributed by atoms with van der Waals surface area (Å²) in [4.78, 5) is 19.2. The summed E-state index contributed by atoms with van der Waals surface area (Å²) in [6, 6.07) is 16.0. The van der Waals surface area contributed by atoms with Crippen molar-refractivity contribution >= 4 is 56.3 Å². The molecule has 5 nitrogen and oxygen atoms in total. The second kappa shape index (κ2) is 9.75. The van der Waals surface area contributed by atoms with Gasteiger partial charge < -0.3 is 15.0 Å². The van der Waals surface area contributed by atoms with Crippen molar-refractivity contribution in [1.29, 1.82) is 0 Å².